The van der Waals surface area contributed by atoms with Gasteiger partial charge in [0.15, 0.2) is 0 Å². The summed E-state index contributed by atoms with van der Waals surface area (Å²) in [5.41, 5.74) is 5.67. The fourth-order valence-electron chi connectivity index (χ4n) is 4.83. The number of anilines is 2. The maximum Gasteiger partial charge on any atom is 0.251 e. The molecule has 0 saturated carbocycles. The Morgan fingerprint density at radius 1 is 0.882 bits per heavy atom. The third-order valence-electron chi connectivity index (χ3n) is 7.03. The zero-order valence-electron chi connectivity index (χ0n) is 19.9. The highest BCUT2D eigenvalue weighted by Gasteiger charge is 2.18. The van der Waals surface area contributed by atoms with E-state index in [1.807, 2.05) is 18.3 Å². The molecule has 1 saturated heterocycles. The number of aromatic nitrogens is 1. The molecule has 1 amide bonds. The van der Waals surface area contributed by atoms with E-state index in [2.05, 4.69) is 80.5 Å². The van der Waals surface area contributed by atoms with Gasteiger partial charge in [-0.25, -0.2) is 4.98 Å². The minimum absolute atomic E-state index is 0.0599. The van der Waals surface area contributed by atoms with Gasteiger partial charge in [0.25, 0.3) is 5.91 Å². The maximum absolute atomic E-state index is 12.7. The molecule has 6 heteroatoms. The quantitative estimate of drug-likeness (QED) is 0.614. The minimum atomic E-state index is -0.0599. The molecule has 176 valence electrons. The maximum atomic E-state index is 12.7. The molecule has 0 aliphatic carbocycles. The Labute approximate surface area is 202 Å². The summed E-state index contributed by atoms with van der Waals surface area (Å²) >= 11 is 0. The van der Waals surface area contributed by atoms with E-state index in [9.17, 15) is 4.79 Å². The normalized spacial score (nSPS) is 16.3. The first kappa shape index (κ1) is 22.4. The van der Waals surface area contributed by atoms with Crippen LogP contribution in [0.15, 0.2) is 66.9 Å². The van der Waals surface area contributed by atoms with Crippen LogP contribution in [0.2, 0.25) is 0 Å². The lowest BCUT2D eigenvalue weighted by molar-refractivity contribution is 0.0951. The lowest BCUT2D eigenvalue weighted by Crippen LogP contribution is -2.46. The van der Waals surface area contributed by atoms with Crippen molar-refractivity contribution >= 4 is 17.4 Å². The van der Waals surface area contributed by atoms with Gasteiger partial charge in [0, 0.05) is 63.3 Å². The van der Waals surface area contributed by atoms with E-state index in [0.717, 1.165) is 69.3 Å². The number of carbonyl (C=O) groups is 1. The SMILES string of the molecule is CCN1CCN(c2ccc(CNC(=O)c3ccc(N4CCc5ccccc5C4)cc3)cn2)CC1. The van der Waals surface area contributed by atoms with Gasteiger partial charge in [-0.05, 0) is 60.0 Å². The Morgan fingerprint density at radius 2 is 1.65 bits per heavy atom. The Hall–Kier alpha value is -3.38. The van der Waals surface area contributed by atoms with Gasteiger partial charge in [0.1, 0.15) is 5.82 Å². The highest BCUT2D eigenvalue weighted by molar-refractivity contribution is 5.94. The van der Waals surface area contributed by atoms with Crippen molar-refractivity contribution in [2.75, 3.05) is 49.1 Å². The molecule has 34 heavy (non-hydrogen) atoms. The van der Waals surface area contributed by atoms with Crippen molar-refractivity contribution < 1.29 is 4.79 Å². The fraction of sp³-hybridized carbons (Fsp3) is 0.357. The molecule has 0 radical (unpaired) electrons. The number of benzene rings is 2. The highest BCUT2D eigenvalue weighted by Crippen LogP contribution is 2.24. The first-order valence-corrected chi connectivity index (χ1v) is 12.3. The van der Waals surface area contributed by atoms with Crippen molar-refractivity contribution in [3.05, 3.63) is 89.1 Å². The first-order valence-electron chi connectivity index (χ1n) is 12.3. The summed E-state index contributed by atoms with van der Waals surface area (Å²) in [6, 6.07) is 20.7. The largest absolute Gasteiger partial charge is 0.367 e. The third-order valence-corrected chi connectivity index (χ3v) is 7.03. The molecule has 0 bridgehead atoms. The predicted molar refractivity (Wildman–Crippen MR) is 137 cm³/mol. The average molecular weight is 456 g/mol. The summed E-state index contributed by atoms with van der Waals surface area (Å²) in [5, 5.41) is 3.03. The molecule has 3 aromatic rings. The number of piperazine rings is 1. The second-order valence-corrected chi connectivity index (χ2v) is 9.12. The average Bonchev–Trinajstić information content (AvgIpc) is 2.92. The molecule has 2 aliphatic rings. The van der Waals surface area contributed by atoms with E-state index < -0.39 is 0 Å². The van der Waals surface area contributed by atoms with Gasteiger partial charge >= 0.3 is 0 Å². The summed E-state index contributed by atoms with van der Waals surface area (Å²) < 4.78 is 0. The third kappa shape index (κ3) is 5.07. The summed E-state index contributed by atoms with van der Waals surface area (Å²) in [5.74, 6) is 0.956. The number of fused-ring (bicyclic) bond motifs is 1. The Balaban J connectivity index is 1.13. The minimum Gasteiger partial charge on any atom is -0.367 e. The number of hydrogen-bond acceptors (Lipinski definition) is 5. The van der Waals surface area contributed by atoms with Crippen molar-refractivity contribution in [2.45, 2.75) is 26.4 Å². The van der Waals surface area contributed by atoms with Crippen molar-refractivity contribution in [2.24, 2.45) is 0 Å². The van der Waals surface area contributed by atoms with Gasteiger partial charge in [-0.15, -0.1) is 0 Å². The standard InChI is InChI=1S/C28H33N5O/c1-2-31-15-17-32(18-16-31)27-12-7-22(19-29-27)20-30-28(34)24-8-10-26(11-9-24)33-14-13-23-5-3-4-6-25(23)21-33/h3-12,19H,2,13-18,20-21H2,1H3,(H,30,34). The smallest absolute Gasteiger partial charge is 0.251 e. The Morgan fingerprint density at radius 3 is 2.35 bits per heavy atom. The highest BCUT2D eigenvalue weighted by atomic mass is 16.1. The number of pyridine rings is 1. The number of nitrogens with one attached hydrogen (secondary N) is 1. The topological polar surface area (TPSA) is 51.7 Å². The molecule has 1 aromatic heterocycles. The molecule has 2 aliphatic heterocycles. The molecule has 1 N–H and O–H groups in total. The van der Waals surface area contributed by atoms with Gasteiger partial charge in [-0.3, -0.25) is 4.79 Å². The molecular formula is C28H33N5O. The van der Waals surface area contributed by atoms with E-state index in [-0.39, 0.29) is 5.91 Å². The van der Waals surface area contributed by atoms with Crippen LogP contribution in [0.4, 0.5) is 11.5 Å². The monoisotopic (exact) mass is 455 g/mol. The van der Waals surface area contributed by atoms with Crippen LogP contribution in [-0.2, 0) is 19.5 Å². The van der Waals surface area contributed by atoms with E-state index in [1.165, 1.54) is 11.1 Å². The lowest BCUT2D eigenvalue weighted by atomic mass is 9.99. The van der Waals surface area contributed by atoms with Crippen molar-refractivity contribution in [3.8, 4) is 0 Å². The second-order valence-electron chi connectivity index (χ2n) is 9.12. The number of likely N-dealkylation sites (N-methyl/N-ethyl adjacent to an activating group) is 1. The number of nitrogens with zero attached hydrogens (tertiary/aromatic N) is 4. The molecule has 3 heterocycles. The molecule has 0 atom stereocenters. The summed E-state index contributed by atoms with van der Waals surface area (Å²) in [7, 11) is 0. The molecule has 1 fully saturated rings. The van der Waals surface area contributed by atoms with Crippen LogP contribution < -0.4 is 15.1 Å². The van der Waals surface area contributed by atoms with Crippen LogP contribution in [-0.4, -0.2) is 55.1 Å². The molecule has 2 aromatic carbocycles. The summed E-state index contributed by atoms with van der Waals surface area (Å²) in [6.07, 6.45) is 2.93. The van der Waals surface area contributed by atoms with E-state index >= 15 is 0 Å². The molecular weight excluding hydrogens is 422 g/mol. The van der Waals surface area contributed by atoms with E-state index in [1.54, 1.807) is 0 Å². The van der Waals surface area contributed by atoms with Crippen molar-refractivity contribution in [3.63, 3.8) is 0 Å². The molecule has 5 rings (SSSR count). The van der Waals surface area contributed by atoms with E-state index in [4.69, 9.17) is 0 Å². The molecule has 0 unspecified atom stereocenters. The number of amides is 1. The number of rotatable bonds is 6. The second kappa shape index (κ2) is 10.3. The Bertz CT molecular complexity index is 1100. The van der Waals surface area contributed by atoms with E-state index in [0.29, 0.717) is 12.1 Å². The predicted octanol–water partition coefficient (Wildman–Crippen LogP) is 3.72. The first-order chi connectivity index (χ1) is 16.7. The van der Waals surface area contributed by atoms with Crippen LogP contribution in [0.1, 0.15) is 34.0 Å². The van der Waals surface area contributed by atoms with Crippen LogP contribution in [0.25, 0.3) is 0 Å². The Kier molecular flexibility index (Phi) is 6.77. The van der Waals surface area contributed by atoms with Gasteiger partial charge in [-0.2, -0.15) is 0 Å². The number of carbonyl (C=O) groups excluding carboxylic acids is 1. The summed E-state index contributed by atoms with van der Waals surface area (Å²) in [4.78, 5) is 24.5. The van der Waals surface area contributed by atoms with Crippen LogP contribution in [0, 0.1) is 0 Å². The van der Waals surface area contributed by atoms with Crippen LogP contribution in [0.3, 0.4) is 0 Å². The zero-order valence-corrected chi connectivity index (χ0v) is 19.9. The molecule has 6 nitrogen and oxygen atoms in total. The zero-order chi connectivity index (χ0) is 23.3. The number of hydrogen-bond donors (Lipinski definition) is 1. The van der Waals surface area contributed by atoms with Gasteiger partial charge < -0.3 is 20.0 Å². The lowest BCUT2D eigenvalue weighted by Gasteiger charge is -2.34. The van der Waals surface area contributed by atoms with Crippen LogP contribution in [0.5, 0.6) is 0 Å². The van der Waals surface area contributed by atoms with Crippen LogP contribution >= 0.6 is 0 Å². The van der Waals surface area contributed by atoms with Crippen molar-refractivity contribution in [1.82, 2.24) is 15.2 Å². The van der Waals surface area contributed by atoms with Gasteiger partial charge in [0.05, 0.1) is 0 Å². The summed E-state index contributed by atoms with van der Waals surface area (Å²) in [6.45, 7) is 9.89. The van der Waals surface area contributed by atoms with Crippen molar-refractivity contribution in [1.29, 1.82) is 0 Å². The van der Waals surface area contributed by atoms with Gasteiger partial charge in [0.2, 0.25) is 0 Å². The van der Waals surface area contributed by atoms with Gasteiger partial charge in [-0.1, -0.05) is 37.3 Å². The fourth-order valence-corrected chi connectivity index (χ4v) is 4.83. The molecule has 0 spiro atoms.